The molecule has 232 valence electrons. The number of hydrogen-bond donors (Lipinski definition) is 0. The first-order valence-electron chi connectivity index (χ1n) is 12.8. The molecule has 0 spiro atoms. The Labute approximate surface area is 247 Å². The van der Waals surface area contributed by atoms with Crippen LogP contribution < -0.4 is 14.5 Å². The minimum atomic E-state index is -5.14. The van der Waals surface area contributed by atoms with Crippen LogP contribution in [0.4, 0.5) is 26.3 Å². The van der Waals surface area contributed by atoms with Crippen molar-refractivity contribution in [3.8, 4) is 17.2 Å². The Kier molecular flexibility index (Phi) is 10.6. The number of fused-ring (bicyclic) bond motifs is 1. The van der Waals surface area contributed by atoms with Gasteiger partial charge in [-0.15, -0.1) is 0 Å². The minimum Gasteiger partial charge on any atom is -0.495 e. The number of halogens is 6. The highest BCUT2D eigenvalue weighted by atomic mass is 32.2. The lowest BCUT2D eigenvalue weighted by Crippen LogP contribution is -2.19. The van der Waals surface area contributed by atoms with E-state index in [4.69, 9.17) is 4.74 Å². The molecule has 0 N–H and O–H groups in total. The topological polar surface area (TPSA) is 74.6 Å². The molecule has 0 amide bonds. The summed E-state index contributed by atoms with van der Waals surface area (Å²) in [6.07, 6.45) is 3.15. The van der Waals surface area contributed by atoms with Gasteiger partial charge in [-0.05, 0) is 48.2 Å². The Morgan fingerprint density at radius 2 is 1.49 bits per heavy atom. The third kappa shape index (κ3) is 6.52. The number of nitrogens with zero attached hydrogens (tertiary/aromatic N) is 1. The van der Waals surface area contributed by atoms with Crippen molar-refractivity contribution in [2.24, 2.45) is 5.92 Å². The molecular weight excluding hydrogens is 619 g/mol. The molecule has 0 aliphatic rings. The maximum Gasteiger partial charge on any atom is 0.339 e. The summed E-state index contributed by atoms with van der Waals surface area (Å²) in [5.74, 6) is -14.3. The van der Waals surface area contributed by atoms with Crippen LogP contribution in [0.25, 0.3) is 16.6 Å². The van der Waals surface area contributed by atoms with Crippen LogP contribution in [-0.2, 0) is 16.5 Å². The van der Waals surface area contributed by atoms with E-state index < -0.39 is 61.2 Å². The van der Waals surface area contributed by atoms with E-state index in [0.29, 0.717) is 12.0 Å². The summed E-state index contributed by atoms with van der Waals surface area (Å²) in [6, 6.07) is 7.96. The van der Waals surface area contributed by atoms with Crippen LogP contribution >= 0.6 is 9.90 Å². The van der Waals surface area contributed by atoms with Gasteiger partial charge in [-0.3, -0.25) is 9.36 Å². The molecule has 0 fully saturated rings. The van der Waals surface area contributed by atoms with E-state index in [9.17, 15) is 35.2 Å². The molecule has 14 heteroatoms. The highest BCUT2D eigenvalue weighted by Crippen LogP contribution is 2.33. The monoisotopic (exact) mass is 647 g/mol. The fourth-order valence-corrected chi connectivity index (χ4v) is 5.66. The van der Waals surface area contributed by atoms with Crippen LogP contribution in [0.15, 0.2) is 52.2 Å². The standard InChI is InChI=1S/C29H25F6NO5S.H3P/c1-4-6-15(5-2)11-17-13-22(40-3)21(14-19(17)30)36-20-9-8-18(12-16(20)7-10-23(36)37)42(38,39)41-29-27(34)25(32)24(31)26(33)28(29)35;/h7-10,12-15H,4-6,11H2,1-3H3;1H3. The van der Waals surface area contributed by atoms with Gasteiger partial charge in [0, 0.05) is 17.5 Å². The van der Waals surface area contributed by atoms with Crippen molar-refractivity contribution >= 4 is 30.9 Å². The lowest BCUT2D eigenvalue weighted by atomic mass is 9.92. The van der Waals surface area contributed by atoms with Crippen LogP contribution in [0, 0.1) is 40.8 Å². The second kappa shape index (κ2) is 13.4. The molecule has 1 heterocycles. The molecule has 1 aromatic heterocycles. The van der Waals surface area contributed by atoms with Crippen LogP contribution in [-0.4, -0.2) is 20.1 Å². The van der Waals surface area contributed by atoms with Crippen molar-refractivity contribution in [3.63, 3.8) is 0 Å². The Hall–Kier alpha value is -3.57. The SMILES string of the molecule is CCCC(CC)Cc1cc(OC)c(-n2c(=O)ccc3cc(S(=O)(=O)Oc4c(F)c(F)c(F)c(F)c4F)ccc32)cc1F.P. The molecular formula is C29H28F6NO5PS. The highest BCUT2D eigenvalue weighted by Gasteiger charge is 2.31. The molecule has 4 rings (SSSR count). The Morgan fingerprint density at radius 1 is 0.860 bits per heavy atom. The predicted octanol–water partition coefficient (Wildman–Crippen LogP) is 7.03. The van der Waals surface area contributed by atoms with E-state index in [1.54, 1.807) is 0 Å². The Balaban J connectivity index is 0.00000506. The van der Waals surface area contributed by atoms with Gasteiger partial charge < -0.3 is 8.92 Å². The van der Waals surface area contributed by atoms with Gasteiger partial charge in [-0.25, -0.2) is 17.6 Å². The lowest BCUT2D eigenvalue weighted by Gasteiger charge is -2.18. The van der Waals surface area contributed by atoms with E-state index in [0.717, 1.165) is 54.2 Å². The number of benzene rings is 3. The summed E-state index contributed by atoms with van der Waals surface area (Å²) < 4.78 is 120. The second-order valence-electron chi connectivity index (χ2n) is 9.55. The molecule has 2 atom stereocenters. The summed E-state index contributed by atoms with van der Waals surface area (Å²) in [5.41, 5.74) is -0.0758. The first-order valence-corrected chi connectivity index (χ1v) is 14.2. The number of ether oxygens (including phenoxy) is 1. The molecule has 2 unspecified atom stereocenters. The quantitative estimate of drug-likeness (QED) is 0.0608. The third-order valence-corrected chi connectivity index (χ3v) is 8.11. The zero-order valence-electron chi connectivity index (χ0n) is 23.3. The van der Waals surface area contributed by atoms with Crippen molar-refractivity contribution in [3.05, 3.63) is 93.3 Å². The average molecular weight is 648 g/mol. The number of methoxy groups -OCH3 is 1. The van der Waals surface area contributed by atoms with Gasteiger partial charge >= 0.3 is 10.1 Å². The fourth-order valence-electron chi connectivity index (χ4n) is 4.69. The maximum atomic E-state index is 15.3. The van der Waals surface area contributed by atoms with Gasteiger partial charge in [0.25, 0.3) is 5.56 Å². The second-order valence-corrected chi connectivity index (χ2v) is 11.1. The summed E-state index contributed by atoms with van der Waals surface area (Å²) in [5, 5.41) is 0.0808. The Bertz CT molecular complexity index is 1820. The van der Waals surface area contributed by atoms with Crippen molar-refractivity contribution in [1.29, 1.82) is 0 Å². The zero-order valence-corrected chi connectivity index (χ0v) is 25.5. The molecule has 6 nitrogen and oxygen atoms in total. The first kappa shape index (κ1) is 33.9. The van der Waals surface area contributed by atoms with Crippen LogP contribution in [0.2, 0.25) is 0 Å². The number of aromatic nitrogens is 1. The van der Waals surface area contributed by atoms with Gasteiger partial charge in [0.1, 0.15) is 16.5 Å². The van der Waals surface area contributed by atoms with Gasteiger partial charge in [0.05, 0.1) is 18.3 Å². The predicted molar refractivity (Wildman–Crippen MR) is 154 cm³/mol. The number of hydrogen-bond acceptors (Lipinski definition) is 5. The van der Waals surface area contributed by atoms with Gasteiger partial charge in [-0.1, -0.05) is 33.1 Å². The molecule has 4 aromatic rings. The lowest BCUT2D eigenvalue weighted by molar-refractivity contribution is 0.346. The molecule has 0 aliphatic carbocycles. The largest absolute Gasteiger partial charge is 0.495 e. The highest BCUT2D eigenvalue weighted by molar-refractivity contribution is 7.87. The molecule has 0 radical (unpaired) electrons. The van der Waals surface area contributed by atoms with Gasteiger partial charge in [0.2, 0.25) is 34.8 Å². The third-order valence-electron chi connectivity index (χ3n) is 6.89. The van der Waals surface area contributed by atoms with Crippen LogP contribution in [0.3, 0.4) is 0 Å². The summed E-state index contributed by atoms with van der Waals surface area (Å²) in [7, 11) is -3.79. The van der Waals surface area contributed by atoms with E-state index in [1.165, 1.54) is 19.2 Å². The molecule has 3 aromatic carbocycles. The zero-order chi connectivity index (χ0) is 30.9. The number of pyridine rings is 1. The molecule has 0 aliphatic heterocycles. The van der Waals surface area contributed by atoms with Crippen molar-refractivity contribution < 1.29 is 43.7 Å². The van der Waals surface area contributed by atoms with E-state index >= 15 is 4.39 Å². The summed E-state index contributed by atoms with van der Waals surface area (Å²) >= 11 is 0. The van der Waals surface area contributed by atoms with E-state index in [-0.39, 0.29) is 38.2 Å². The van der Waals surface area contributed by atoms with Crippen molar-refractivity contribution in [2.75, 3.05) is 7.11 Å². The Morgan fingerprint density at radius 3 is 2.07 bits per heavy atom. The minimum absolute atomic E-state index is 0. The van der Waals surface area contributed by atoms with Crippen molar-refractivity contribution in [2.45, 2.75) is 44.4 Å². The number of rotatable bonds is 10. The fraction of sp³-hybridized carbons (Fsp3) is 0.276. The van der Waals surface area contributed by atoms with Gasteiger partial charge in [0.15, 0.2) is 0 Å². The molecule has 0 bridgehead atoms. The maximum absolute atomic E-state index is 15.3. The van der Waals surface area contributed by atoms with Gasteiger partial charge in [-0.2, -0.15) is 27.1 Å². The average Bonchev–Trinajstić information content (AvgIpc) is 2.97. The van der Waals surface area contributed by atoms with Crippen molar-refractivity contribution in [1.82, 2.24) is 4.57 Å². The summed E-state index contributed by atoms with van der Waals surface area (Å²) in [4.78, 5) is 12.2. The normalized spacial score (nSPS) is 12.2. The summed E-state index contributed by atoms with van der Waals surface area (Å²) in [6.45, 7) is 4.06. The van der Waals surface area contributed by atoms with E-state index in [1.807, 2.05) is 13.8 Å². The molecule has 43 heavy (non-hydrogen) atoms. The molecule has 0 saturated carbocycles. The van der Waals surface area contributed by atoms with E-state index in [2.05, 4.69) is 4.18 Å². The first-order chi connectivity index (χ1) is 19.8. The smallest absolute Gasteiger partial charge is 0.339 e. The van der Waals surface area contributed by atoms with Crippen LogP contribution in [0.5, 0.6) is 11.5 Å². The molecule has 0 saturated heterocycles. The van der Waals surface area contributed by atoms with Crippen LogP contribution in [0.1, 0.15) is 38.7 Å².